The third-order valence-electron chi connectivity index (χ3n) is 5.76. The first-order valence-electron chi connectivity index (χ1n) is 10.1. The van der Waals surface area contributed by atoms with E-state index in [0.717, 1.165) is 29.1 Å². The van der Waals surface area contributed by atoms with Crippen LogP contribution in [0.1, 0.15) is 31.7 Å². The lowest BCUT2D eigenvalue weighted by atomic mass is 10.0. The van der Waals surface area contributed by atoms with E-state index in [0.29, 0.717) is 6.54 Å². The van der Waals surface area contributed by atoms with Gasteiger partial charge in [-0.25, -0.2) is 13.2 Å². The number of hydrogen-bond acceptors (Lipinski definition) is 4. The molecule has 0 saturated carbocycles. The van der Waals surface area contributed by atoms with Crippen molar-refractivity contribution in [2.45, 2.75) is 44.0 Å². The summed E-state index contributed by atoms with van der Waals surface area (Å²) < 4.78 is 27.3. The second kappa shape index (κ2) is 7.75. The van der Waals surface area contributed by atoms with Crippen LogP contribution in [0.25, 0.3) is 0 Å². The van der Waals surface area contributed by atoms with E-state index in [2.05, 4.69) is 0 Å². The van der Waals surface area contributed by atoms with Gasteiger partial charge < -0.3 is 4.90 Å². The topological polar surface area (TPSA) is 78.0 Å². The highest BCUT2D eigenvalue weighted by Gasteiger charge is 2.43. The molecule has 0 bridgehead atoms. The van der Waals surface area contributed by atoms with E-state index >= 15 is 0 Å². The molecule has 0 spiro atoms. The van der Waals surface area contributed by atoms with Crippen LogP contribution >= 0.6 is 0 Å². The maximum Gasteiger partial charge on any atom is 0.343 e. The number of piperidine rings is 1. The molecule has 0 aromatic heterocycles. The predicted octanol–water partition coefficient (Wildman–Crippen LogP) is 3.53. The minimum atomic E-state index is -4.09. The zero-order chi connectivity index (χ0) is 21.5. The Morgan fingerprint density at radius 3 is 2.47 bits per heavy atom. The van der Waals surface area contributed by atoms with Gasteiger partial charge in [0, 0.05) is 12.6 Å². The quantitative estimate of drug-likeness (QED) is 0.751. The standard InChI is InChI=1S/C22H25N3O4S/c1-16-10-12-18(13-11-16)25-22(27)24(15-21(26)23-14-6-5-7-17(23)2)19-8-3-4-9-20(19)30(25,28)29/h3-4,8-13,17H,5-7,14-15H2,1-2H3/t17-/m0/s1. The molecular weight excluding hydrogens is 402 g/mol. The number of anilines is 2. The third kappa shape index (κ3) is 3.45. The highest BCUT2D eigenvalue weighted by Crippen LogP contribution is 2.37. The molecule has 0 aliphatic carbocycles. The van der Waals surface area contributed by atoms with Gasteiger partial charge >= 0.3 is 6.03 Å². The minimum absolute atomic E-state index is 0.0182. The molecule has 30 heavy (non-hydrogen) atoms. The van der Waals surface area contributed by atoms with Crippen molar-refractivity contribution in [1.29, 1.82) is 0 Å². The van der Waals surface area contributed by atoms with Crippen LogP contribution in [0.15, 0.2) is 53.4 Å². The predicted molar refractivity (Wildman–Crippen MR) is 115 cm³/mol. The van der Waals surface area contributed by atoms with Crippen molar-refractivity contribution < 1.29 is 18.0 Å². The Hall–Kier alpha value is -2.87. The number of benzene rings is 2. The second-order valence-electron chi connectivity index (χ2n) is 7.87. The van der Waals surface area contributed by atoms with Crippen molar-refractivity contribution in [3.05, 3.63) is 54.1 Å². The van der Waals surface area contributed by atoms with E-state index in [1.165, 1.54) is 11.0 Å². The molecule has 158 valence electrons. The summed E-state index contributed by atoms with van der Waals surface area (Å²) in [6, 6.07) is 12.4. The van der Waals surface area contributed by atoms with Crippen LogP contribution in [-0.4, -0.2) is 44.4 Å². The summed E-state index contributed by atoms with van der Waals surface area (Å²) in [5, 5.41) is 0. The highest BCUT2D eigenvalue weighted by atomic mass is 32.2. The van der Waals surface area contributed by atoms with E-state index in [1.807, 2.05) is 13.8 Å². The molecule has 7 nitrogen and oxygen atoms in total. The molecule has 2 heterocycles. The van der Waals surface area contributed by atoms with Crippen LogP contribution in [-0.2, 0) is 14.8 Å². The molecule has 2 aromatic rings. The fraction of sp³-hybridized carbons (Fsp3) is 0.364. The SMILES string of the molecule is Cc1ccc(N2C(=O)N(CC(=O)N3CCCC[C@@H]3C)c3ccccc3S2(=O)=O)cc1. The van der Waals surface area contributed by atoms with E-state index < -0.39 is 16.1 Å². The van der Waals surface area contributed by atoms with Crippen molar-refractivity contribution >= 4 is 33.3 Å². The van der Waals surface area contributed by atoms with Gasteiger partial charge in [0.25, 0.3) is 10.0 Å². The molecule has 0 N–H and O–H groups in total. The highest BCUT2D eigenvalue weighted by molar-refractivity contribution is 7.94. The molecule has 3 amide bonds. The average Bonchev–Trinajstić information content (AvgIpc) is 2.73. The number of fused-ring (bicyclic) bond motifs is 1. The van der Waals surface area contributed by atoms with Crippen LogP contribution in [0.2, 0.25) is 0 Å². The van der Waals surface area contributed by atoms with E-state index in [-0.39, 0.29) is 34.8 Å². The Bertz CT molecular complexity index is 1080. The number of hydrogen-bond donors (Lipinski definition) is 0. The molecule has 8 heteroatoms. The summed E-state index contributed by atoms with van der Waals surface area (Å²) in [6.07, 6.45) is 2.94. The lowest BCUT2D eigenvalue weighted by Gasteiger charge is -2.38. The lowest BCUT2D eigenvalue weighted by Crippen LogP contribution is -2.55. The molecule has 2 aromatic carbocycles. The van der Waals surface area contributed by atoms with Gasteiger partial charge in [-0.3, -0.25) is 9.69 Å². The van der Waals surface area contributed by atoms with Crippen molar-refractivity contribution in [3.8, 4) is 0 Å². The van der Waals surface area contributed by atoms with Crippen LogP contribution in [0, 0.1) is 6.92 Å². The number of nitrogens with zero attached hydrogens (tertiary/aromatic N) is 3. The minimum Gasteiger partial charge on any atom is -0.338 e. The Balaban J connectivity index is 1.75. The summed E-state index contributed by atoms with van der Waals surface area (Å²) in [5.41, 5.74) is 1.44. The first-order chi connectivity index (χ1) is 14.3. The molecule has 2 aliphatic heterocycles. The summed E-state index contributed by atoms with van der Waals surface area (Å²) in [6.45, 7) is 4.35. The van der Waals surface area contributed by atoms with Crippen molar-refractivity contribution in [2.75, 3.05) is 22.3 Å². The maximum atomic E-state index is 13.4. The molecule has 1 fully saturated rings. The van der Waals surface area contributed by atoms with Gasteiger partial charge in [-0.15, -0.1) is 0 Å². The van der Waals surface area contributed by atoms with Gasteiger partial charge in [0.1, 0.15) is 11.4 Å². The Labute approximate surface area is 176 Å². The van der Waals surface area contributed by atoms with Gasteiger partial charge in [-0.1, -0.05) is 29.8 Å². The van der Waals surface area contributed by atoms with Gasteiger partial charge in [0.2, 0.25) is 5.91 Å². The van der Waals surface area contributed by atoms with E-state index in [1.54, 1.807) is 47.4 Å². The van der Waals surface area contributed by atoms with Gasteiger partial charge in [-0.2, -0.15) is 4.31 Å². The number of sulfonamides is 1. The largest absolute Gasteiger partial charge is 0.343 e. The summed E-state index contributed by atoms with van der Waals surface area (Å²) in [4.78, 5) is 29.5. The van der Waals surface area contributed by atoms with E-state index in [4.69, 9.17) is 0 Å². The zero-order valence-electron chi connectivity index (χ0n) is 17.1. The van der Waals surface area contributed by atoms with Crippen LogP contribution < -0.4 is 9.21 Å². The number of carbonyl (C=O) groups excluding carboxylic acids is 2. The van der Waals surface area contributed by atoms with Crippen LogP contribution in [0.3, 0.4) is 0 Å². The molecular formula is C22H25N3O4S. The first-order valence-corrected chi connectivity index (χ1v) is 11.6. The summed E-state index contributed by atoms with van der Waals surface area (Å²) in [7, 11) is -4.09. The monoisotopic (exact) mass is 427 g/mol. The third-order valence-corrected chi connectivity index (χ3v) is 7.51. The van der Waals surface area contributed by atoms with Gasteiger partial charge in [0.05, 0.1) is 11.4 Å². The molecule has 1 atom stereocenters. The zero-order valence-corrected chi connectivity index (χ0v) is 17.9. The molecule has 1 saturated heterocycles. The number of aryl methyl sites for hydroxylation is 1. The molecule has 0 radical (unpaired) electrons. The van der Waals surface area contributed by atoms with Crippen molar-refractivity contribution in [2.24, 2.45) is 0 Å². The number of carbonyl (C=O) groups is 2. The van der Waals surface area contributed by atoms with Gasteiger partial charge in [0.15, 0.2) is 0 Å². The normalized spacial score (nSPS) is 20.8. The number of para-hydroxylation sites is 1. The average molecular weight is 428 g/mol. The van der Waals surface area contributed by atoms with Crippen LogP contribution in [0.4, 0.5) is 16.2 Å². The lowest BCUT2D eigenvalue weighted by molar-refractivity contribution is -0.132. The number of likely N-dealkylation sites (tertiary alicyclic amines) is 1. The Kier molecular flexibility index (Phi) is 5.27. The number of amides is 3. The smallest absolute Gasteiger partial charge is 0.338 e. The van der Waals surface area contributed by atoms with Crippen molar-refractivity contribution in [1.82, 2.24) is 4.90 Å². The van der Waals surface area contributed by atoms with E-state index in [9.17, 15) is 18.0 Å². The first kappa shape index (κ1) is 20.4. The van der Waals surface area contributed by atoms with Crippen molar-refractivity contribution in [3.63, 3.8) is 0 Å². The summed E-state index contributed by atoms with van der Waals surface area (Å²) >= 11 is 0. The molecule has 2 aliphatic rings. The maximum absolute atomic E-state index is 13.4. The van der Waals surface area contributed by atoms with Crippen LogP contribution in [0.5, 0.6) is 0 Å². The molecule has 0 unspecified atom stereocenters. The number of urea groups is 1. The molecule has 4 rings (SSSR count). The fourth-order valence-electron chi connectivity index (χ4n) is 4.09. The Morgan fingerprint density at radius 1 is 1.07 bits per heavy atom. The summed E-state index contributed by atoms with van der Waals surface area (Å²) in [5.74, 6) is -0.173. The number of rotatable bonds is 3. The second-order valence-corrected chi connectivity index (χ2v) is 9.63. The Morgan fingerprint density at radius 2 is 1.77 bits per heavy atom. The van der Waals surface area contributed by atoms with Gasteiger partial charge in [-0.05, 0) is 57.4 Å². The fourth-order valence-corrected chi connectivity index (χ4v) is 5.68.